The van der Waals surface area contributed by atoms with E-state index in [1.807, 2.05) is 18.2 Å². The van der Waals surface area contributed by atoms with Crippen molar-refractivity contribution in [2.75, 3.05) is 20.1 Å². The van der Waals surface area contributed by atoms with Gasteiger partial charge in [0, 0.05) is 10.9 Å². The second-order valence-corrected chi connectivity index (χ2v) is 12.1. The molecule has 6 rings (SSSR count). The maximum atomic E-state index is 13.8. The first kappa shape index (κ1) is 27.5. The van der Waals surface area contributed by atoms with Gasteiger partial charge in [-0.3, -0.25) is 4.68 Å². The van der Waals surface area contributed by atoms with Crippen LogP contribution in [0.5, 0.6) is 0 Å². The SMILES string of the molecule is CC(C)Cc1nc2c(c(Br)nn2C2CCN(C)CC2)c(-c2ccc3c(cnn3Cc3ccc(F)c(F)c3)c2)c1C#N. The first-order valence-electron chi connectivity index (χ1n) is 13.8. The Morgan fingerprint density at radius 2 is 1.88 bits per heavy atom. The van der Waals surface area contributed by atoms with E-state index < -0.39 is 11.6 Å². The summed E-state index contributed by atoms with van der Waals surface area (Å²) in [6.07, 6.45) is 4.41. The minimum atomic E-state index is -0.879. The molecule has 1 saturated heterocycles. The summed E-state index contributed by atoms with van der Waals surface area (Å²) in [6, 6.07) is 12.6. The fourth-order valence-corrected chi connectivity index (χ4v) is 6.34. The van der Waals surface area contributed by atoms with Gasteiger partial charge in [0.2, 0.25) is 0 Å². The molecule has 7 nitrogen and oxygen atoms in total. The highest BCUT2D eigenvalue weighted by atomic mass is 79.9. The van der Waals surface area contributed by atoms with E-state index in [0.717, 1.165) is 70.8 Å². The maximum absolute atomic E-state index is 13.8. The van der Waals surface area contributed by atoms with Gasteiger partial charge in [-0.15, -0.1) is 0 Å². The molecule has 2 aromatic carbocycles. The molecule has 0 atom stereocenters. The fourth-order valence-electron chi connectivity index (χ4n) is 5.79. The molecular weight excluding hydrogens is 588 g/mol. The van der Waals surface area contributed by atoms with Crippen LogP contribution in [0, 0.1) is 28.9 Å². The number of fused-ring (bicyclic) bond motifs is 2. The highest BCUT2D eigenvalue weighted by molar-refractivity contribution is 9.10. The molecule has 41 heavy (non-hydrogen) atoms. The second-order valence-electron chi connectivity index (χ2n) is 11.3. The van der Waals surface area contributed by atoms with Gasteiger partial charge in [-0.1, -0.05) is 26.0 Å². The Balaban J connectivity index is 1.49. The molecule has 0 radical (unpaired) electrons. The molecule has 4 heterocycles. The molecule has 0 aliphatic carbocycles. The topological polar surface area (TPSA) is 75.6 Å². The number of nitriles is 1. The molecule has 0 saturated carbocycles. The summed E-state index contributed by atoms with van der Waals surface area (Å²) < 4.78 is 31.7. The Labute approximate surface area is 245 Å². The van der Waals surface area contributed by atoms with Crippen LogP contribution in [-0.2, 0) is 13.0 Å². The van der Waals surface area contributed by atoms with Gasteiger partial charge >= 0.3 is 0 Å². The van der Waals surface area contributed by atoms with Crippen molar-refractivity contribution in [2.24, 2.45) is 5.92 Å². The maximum Gasteiger partial charge on any atom is 0.160 e. The summed E-state index contributed by atoms with van der Waals surface area (Å²) in [5.41, 5.74) is 5.29. The van der Waals surface area contributed by atoms with E-state index in [1.54, 1.807) is 16.9 Å². The van der Waals surface area contributed by atoms with Crippen LogP contribution in [0.4, 0.5) is 8.78 Å². The first-order chi connectivity index (χ1) is 19.7. The van der Waals surface area contributed by atoms with Crippen LogP contribution < -0.4 is 0 Å². The molecule has 5 aromatic rings. The molecule has 0 amide bonds. The smallest absolute Gasteiger partial charge is 0.160 e. The average molecular weight is 619 g/mol. The Hall–Kier alpha value is -3.68. The highest BCUT2D eigenvalue weighted by Gasteiger charge is 2.27. The monoisotopic (exact) mass is 617 g/mol. The molecule has 10 heteroatoms. The van der Waals surface area contributed by atoms with Crippen LogP contribution in [-0.4, -0.2) is 49.6 Å². The zero-order valence-electron chi connectivity index (χ0n) is 23.2. The molecule has 0 N–H and O–H groups in total. The Morgan fingerprint density at radius 3 is 2.59 bits per heavy atom. The van der Waals surface area contributed by atoms with Crippen molar-refractivity contribution in [1.29, 1.82) is 5.26 Å². The van der Waals surface area contributed by atoms with Gasteiger partial charge < -0.3 is 4.90 Å². The summed E-state index contributed by atoms with van der Waals surface area (Å²) in [4.78, 5) is 7.40. The van der Waals surface area contributed by atoms with Crippen LogP contribution in [0.1, 0.15) is 49.6 Å². The molecular formula is C31H30BrF2N7. The van der Waals surface area contributed by atoms with Gasteiger partial charge in [0.05, 0.1) is 40.9 Å². The van der Waals surface area contributed by atoms with E-state index in [4.69, 9.17) is 10.1 Å². The standard InChI is InChI=1S/C31H30BrF2N7/c1-18(2)12-26-23(15-35)28(29-30(32)38-41(31(29)37-26)22-8-10-39(3)11-9-22)20-5-7-27-21(14-20)16-36-40(27)17-19-4-6-24(33)25(34)13-19/h4-7,13-14,16,18,22H,8-12,17H2,1-3H3. The summed E-state index contributed by atoms with van der Waals surface area (Å²) >= 11 is 3.72. The fraction of sp³-hybridized carbons (Fsp3) is 0.355. The van der Waals surface area contributed by atoms with Crippen LogP contribution in [0.25, 0.3) is 33.1 Å². The lowest BCUT2D eigenvalue weighted by molar-refractivity contribution is 0.214. The van der Waals surface area contributed by atoms with E-state index in [2.05, 4.69) is 57.6 Å². The van der Waals surface area contributed by atoms with Crippen LogP contribution >= 0.6 is 15.9 Å². The number of benzene rings is 2. The van der Waals surface area contributed by atoms with Gasteiger partial charge in [0.15, 0.2) is 17.3 Å². The summed E-state index contributed by atoms with van der Waals surface area (Å²) in [6.45, 7) is 6.55. The summed E-state index contributed by atoms with van der Waals surface area (Å²) in [5.74, 6) is -1.43. The van der Waals surface area contributed by atoms with Crippen molar-refractivity contribution < 1.29 is 8.78 Å². The van der Waals surface area contributed by atoms with Gasteiger partial charge in [-0.05, 0) is 96.6 Å². The summed E-state index contributed by atoms with van der Waals surface area (Å²) in [7, 11) is 2.14. The molecule has 0 spiro atoms. The highest BCUT2D eigenvalue weighted by Crippen LogP contribution is 2.40. The van der Waals surface area contributed by atoms with Crippen molar-refractivity contribution in [3.05, 3.63) is 75.7 Å². The molecule has 0 unspecified atom stereocenters. The molecule has 1 fully saturated rings. The number of hydrogen-bond acceptors (Lipinski definition) is 5. The quantitative estimate of drug-likeness (QED) is 0.208. The molecule has 210 valence electrons. The van der Waals surface area contributed by atoms with E-state index in [0.29, 0.717) is 34.6 Å². The molecule has 3 aromatic heterocycles. The minimum absolute atomic E-state index is 0.234. The van der Waals surface area contributed by atoms with Crippen molar-refractivity contribution in [1.82, 2.24) is 29.4 Å². The Kier molecular flexibility index (Phi) is 7.34. The van der Waals surface area contributed by atoms with Crippen molar-refractivity contribution in [3.8, 4) is 17.2 Å². The van der Waals surface area contributed by atoms with Gasteiger partial charge in [0.1, 0.15) is 10.7 Å². The van der Waals surface area contributed by atoms with Crippen molar-refractivity contribution in [2.45, 2.75) is 45.7 Å². The number of rotatable bonds is 6. The Bertz CT molecular complexity index is 1810. The normalized spacial score (nSPS) is 14.9. The second kappa shape index (κ2) is 11.0. The lowest BCUT2D eigenvalue weighted by Crippen LogP contribution is -2.32. The zero-order chi connectivity index (χ0) is 28.8. The number of likely N-dealkylation sites (tertiary alicyclic amines) is 1. The number of hydrogen-bond donors (Lipinski definition) is 0. The minimum Gasteiger partial charge on any atom is -0.306 e. The van der Waals surface area contributed by atoms with Crippen LogP contribution in [0.2, 0.25) is 0 Å². The lowest BCUT2D eigenvalue weighted by atomic mass is 9.93. The third-order valence-electron chi connectivity index (χ3n) is 7.87. The van der Waals surface area contributed by atoms with Gasteiger partial charge in [-0.25, -0.2) is 18.4 Å². The molecule has 1 aliphatic heterocycles. The number of nitrogens with zero attached hydrogens (tertiary/aromatic N) is 7. The van der Waals surface area contributed by atoms with Crippen molar-refractivity contribution in [3.63, 3.8) is 0 Å². The average Bonchev–Trinajstić information content (AvgIpc) is 3.50. The van der Waals surface area contributed by atoms with Gasteiger partial charge in [-0.2, -0.15) is 15.5 Å². The van der Waals surface area contributed by atoms with E-state index in [1.165, 1.54) is 6.07 Å². The number of halogens is 3. The Morgan fingerprint density at radius 1 is 1.10 bits per heavy atom. The van der Waals surface area contributed by atoms with E-state index in [9.17, 15) is 14.0 Å². The molecule has 0 bridgehead atoms. The summed E-state index contributed by atoms with van der Waals surface area (Å²) in [5, 5.41) is 21.6. The number of piperidine rings is 1. The predicted octanol–water partition coefficient (Wildman–Crippen LogP) is 6.87. The number of pyridine rings is 1. The van der Waals surface area contributed by atoms with Crippen molar-refractivity contribution >= 4 is 37.9 Å². The van der Waals surface area contributed by atoms with Crippen LogP contribution in [0.15, 0.2) is 47.2 Å². The lowest BCUT2D eigenvalue weighted by Gasteiger charge is -2.29. The largest absolute Gasteiger partial charge is 0.306 e. The number of aromatic nitrogens is 5. The van der Waals surface area contributed by atoms with E-state index >= 15 is 0 Å². The third-order valence-corrected chi connectivity index (χ3v) is 8.42. The predicted molar refractivity (Wildman–Crippen MR) is 158 cm³/mol. The third kappa shape index (κ3) is 5.13. The van der Waals surface area contributed by atoms with Gasteiger partial charge in [0.25, 0.3) is 0 Å². The van der Waals surface area contributed by atoms with Crippen LogP contribution in [0.3, 0.4) is 0 Å². The van der Waals surface area contributed by atoms with E-state index in [-0.39, 0.29) is 6.04 Å². The first-order valence-corrected chi connectivity index (χ1v) is 14.6. The molecule has 1 aliphatic rings. The zero-order valence-corrected chi connectivity index (χ0v) is 24.8.